The summed E-state index contributed by atoms with van der Waals surface area (Å²) < 4.78 is 21.2. The van der Waals surface area contributed by atoms with Crippen molar-refractivity contribution in [2.45, 2.75) is 13.2 Å². The summed E-state index contributed by atoms with van der Waals surface area (Å²) in [6.45, 7) is 0.911. The van der Waals surface area contributed by atoms with Gasteiger partial charge in [-0.1, -0.05) is 11.6 Å². The Kier molecular flexibility index (Phi) is 5.31. The van der Waals surface area contributed by atoms with Crippen molar-refractivity contribution in [3.63, 3.8) is 0 Å². The second-order valence-electron chi connectivity index (χ2n) is 5.42. The smallest absolute Gasteiger partial charge is 0.251 e. The van der Waals surface area contributed by atoms with E-state index in [0.29, 0.717) is 34.4 Å². The summed E-state index contributed by atoms with van der Waals surface area (Å²) >= 11 is 6.13. The number of hydrogen-bond donors (Lipinski definition) is 1. The van der Waals surface area contributed by atoms with Gasteiger partial charge < -0.3 is 24.3 Å². The number of amides is 1. The highest BCUT2D eigenvalue weighted by atomic mass is 35.5. The Balaban J connectivity index is 1.76. The lowest BCUT2D eigenvalue weighted by molar-refractivity contribution is -0.0170. The van der Waals surface area contributed by atoms with Crippen LogP contribution in [0.3, 0.4) is 0 Å². The third-order valence-corrected chi connectivity index (χ3v) is 4.06. The van der Waals surface area contributed by atoms with Crippen molar-refractivity contribution in [3.05, 3.63) is 52.0 Å². The molecular formula is C18H18ClNO5. The number of methoxy groups -OCH3 is 2. The van der Waals surface area contributed by atoms with Crippen molar-refractivity contribution in [1.82, 2.24) is 5.32 Å². The van der Waals surface area contributed by atoms with Crippen molar-refractivity contribution in [2.75, 3.05) is 21.0 Å². The summed E-state index contributed by atoms with van der Waals surface area (Å²) in [5.74, 6) is 1.54. The number of nitrogens with one attached hydrogen (secondary N) is 1. The van der Waals surface area contributed by atoms with Gasteiger partial charge in [-0.15, -0.1) is 0 Å². The molecule has 0 saturated carbocycles. The summed E-state index contributed by atoms with van der Waals surface area (Å²) in [5.41, 5.74) is 2.14. The average molecular weight is 364 g/mol. The fourth-order valence-corrected chi connectivity index (χ4v) is 2.91. The van der Waals surface area contributed by atoms with E-state index in [1.807, 2.05) is 0 Å². The molecule has 1 aliphatic heterocycles. The molecule has 0 aliphatic carbocycles. The molecule has 0 unspecified atom stereocenters. The Morgan fingerprint density at radius 2 is 2.00 bits per heavy atom. The van der Waals surface area contributed by atoms with Crippen molar-refractivity contribution >= 4 is 17.5 Å². The van der Waals surface area contributed by atoms with Crippen molar-refractivity contribution in [3.8, 4) is 17.2 Å². The Bertz CT molecular complexity index is 793. The van der Waals surface area contributed by atoms with Crippen LogP contribution in [-0.2, 0) is 17.9 Å². The zero-order valence-corrected chi connectivity index (χ0v) is 14.7. The molecule has 0 radical (unpaired) electrons. The Morgan fingerprint density at radius 3 is 2.76 bits per heavy atom. The van der Waals surface area contributed by atoms with Gasteiger partial charge in [0.1, 0.15) is 5.75 Å². The minimum absolute atomic E-state index is 0.186. The van der Waals surface area contributed by atoms with Crippen molar-refractivity contribution in [1.29, 1.82) is 0 Å². The molecule has 0 bridgehead atoms. The highest BCUT2D eigenvalue weighted by molar-refractivity contribution is 6.30. The SMILES string of the molecule is COc1ccc(C(=O)NCc2cc(Cl)cc3c2OCOC3)cc1OC. The number of benzene rings is 2. The third kappa shape index (κ3) is 3.81. The molecule has 2 aromatic rings. The molecular weight excluding hydrogens is 346 g/mol. The highest BCUT2D eigenvalue weighted by Gasteiger charge is 2.17. The summed E-state index contributed by atoms with van der Waals surface area (Å²) in [5, 5.41) is 3.44. The number of carbonyl (C=O) groups excluding carboxylic acids is 1. The maximum Gasteiger partial charge on any atom is 0.251 e. The topological polar surface area (TPSA) is 66.0 Å². The molecule has 132 valence electrons. The van der Waals surface area contributed by atoms with Crippen LogP contribution in [0.25, 0.3) is 0 Å². The minimum atomic E-state index is -0.235. The monoisotopic (exact) mass is 363 g/mol. The highest BCUT2D eigenvalue weighted by Crippen LogP contribution is 2.32. The molecule has 0 aromatic heterocycles. The van der Waals surface area contributed by atoms with Crippen LogP contribution in [0, 0.1) is 0 Å². The lowest BCUT2D eigenvalue weighted by Crippen LogP contribution is -2.24. The van der Waals surface area contributed by atoms with Gasteiger partial charge in [0.15, 0.2) is 18.3 Å². The molecule has 1 amide bonds. The van der Waals surface area contributed by atoms with Gasteiger partial charge in [0.2, 0.25) is 0 Å². The van der Waals surface area contributed by atoms with E-state index in [1.54, 1.807) is 37.4 Å². The molecule has 0 fully saturated rings. The van der Waals surface area contributed by atoms with Crippen molar-refractivity contribution in [2.24, 2.45) is 0 Å². The molecule has 1 N–H and O–H groups in total. The van der Waals surface area contributed by atoms with Crippen LogP contribution in [0.15, 0.2) is 30.3 Å². The maximum absolute atomic E-state index is 12.4. The first-order chi connectivity index (χ1) is 12.1. The summed E-state index contributed by atoms with van der Waals surface area (Å²) in [7, 11) is 3.07. The van der Waals surface area contributed by atoms with Crippen LogP contribution >= 0.6 is 11.6 Å². The first-order valence-electron chi connectivity index (χ1n) is 7.64. The number of hydrogen-bond acceptors (Lipinski definition) is 5. The van der Waals surface area contributed by atoms with Crippen LogP contribution in [-0.4, -0.2) is 26.9 Å². The van der Waals surface area contributed by atoms with E-state index in [-0.39, 0.29) is 19.2 Å². The van der Waals surface area contributed by atoms with Gasteiger partial charge in [-0.3, -0.25) is 4.79 Å². The van der Waals surface area contributed by atoms with Gasteiger partial charge in [0.05, 0.1) is 20.8 Å². The van der Waals surface area contributed by atoms with Crippen LogP contribution in [0.5, 0.6) is 17.2 Å². The van der Waals surface area contributed by atoms with Crippen LogP contribution in [0.4, 0.5) is 0 Å². The fourth-order valence-electron chi connectivity index (χ4n) is 2.64. The van der Waals surface area contributed by atoms with E-state index in [9.17, 15) is 4.79 Å². The molecule has 1 aliphatic rings. The third-order valence-electron chi connectivity index (χ3n) is 3.84. The van der Waals surface area contributed by atoms with Gasteiger partial charge in [0, 0.05) is 28.3 Å². The van der Waals surface area contributed by atoms with Crippen LogP contribution in [0.1, 0.15) is 21.5 Å². The molecule has 2 aromatic carbocycles. The Hall–Kier alpha value is -2.44. The van der Waals surface area contributed by atoms with Crippen molar-refractivity contribution < 1.29 is 23.7 Å². The second-order valence-corrected chi connectivity index (χ2v) is 5.85. The van der Waals surface area contributed by atoms with Gasteiger partial charge in [-0.25, -0.2) is 0 Å². The predicted molar refractivity (Wildman–Crippen MR) is 92.5 cm³/mol. The summed E-state index contributed by atoms with van der Waals surface area (Å²) in [6, 6.07) is 8.58. The standard InChI is InChI=1S/C18H18ClNO5/c1-22-15-4-3-11(7-16(15)23-2)18(21)20-8-12-5-14(19)6-13-9-24-10-25-17(12)13/h3-7H,8-10H2,1-2H3,(H,20,21). The van der Waals surface area contributed by atoms with Gasteiger partial charge in [-0.2, -0.15) is 0 Å². The van der Waals surface area contributed by atoms with E-state index < -0.39 is 0 Å². The quantitative estimate of drug-likeness (QED) is 0.884. The van der Waals surface area contributed by atoms with Crippen LogP contribution in [0.2, 0.25) is 5.02 Å². The minimum Gasteiger partial charge on any atom is -0.493 e. The van der Waals surface area contributed by atoms with Gasteiger partial charge in [-0.05, 0) is 30.3 Å². The lowest BCUT2D eigenvalue weighted by atomic mass is 10.1. The second kappa shape index (κ2) is 7.63. The predicted octanol–water partition coefficient (Wildman–Crippen LogP) is 3.15. The number of ether oxygens (including phenoxy) is 4. The zero-order valence-electron chi connectivity index (χ0n) is 13.9. The molecule has 3 rings (SSSR count). The molecule has 0 spiro atoms. The van der Waals surface area contributed by atoms with E-state index in [4.69, 9.17) is 30.5 Å². The number of carbonyl (C=O) groups is 1. The molecule has 7 heteroatoms. The molecule has 1 heterocycles. The average Bonchev–Trinajstić information content (AvgIpc) is 2.65. The molecule has 0 atom stereocenters. The van der Waals surface area contributed by atoms with Crippen LogP contribution < -0.4 is 19.5 Å². The van der Waals surface area contributed by atoms with E-state index in [2.05, 4.69) is 5.32 Å². The molecule has 25 heavy (non-hydrogen) atoms. The summed E-state index contributed by atoms with van der Waals surface area (Å²) in [6.07, 6.45) is 0. The number of fused-ring (bicyclic) bond motifs is 1. The van der Waals surface area contributed by atoms with E-state index >= 15 is 0 Å². The van der Waals surface area contributed by atoms with E-state index in [0.717, 1.165) is 11.1 Å². The lowest BCUT2D eigenvalue weighted by Gasteiger charge is -2.21. The Labute approximate surface area is 150 Å². The molecule has 0 saturated heterocycles. The van der Waals surface area contributed by atoms with E-state index in [1.165, 1.54) is 7.11 Å². The Morgan fingerprint density at radius 1 is 1.20 bits per heavy atom. The zero-order chi connectivity index (χ0) is 17.8. The summed E-state index contributed by atoms with van der Waals surface area (Å²) in [4.78, 5) is 12.4. The van der Waals surface area contributed by atoms with Gasteiger partial charge >= 0.3 is 0 Å². The fraction of sp³-hybridized carbons (Fsp3) is 0.278. The maximum atomic E-state index is 12.4. The normalized spacial score (nSPS) is 12.8. The van der Waals surface area contributed by atoms with Gasteiger partial charge in [0.25, 0.3) is 5.91 Å². The first kappa shape index (κ1) is 17.4. The largest absolute Gasteiger partial charge is 0.493 e. The first-order valence-corrected chi connectivity index (χ1v) is 8.02. The number of rotatable bonds is 5. The molecule has 6 nitrogen and oxygen atoms in total. The number of halogens is 1.